The van der Waals surface area contributed by atoms with E-state index in [0.29, 0.717) is 36.8 Å². The summed E-state index contributed by atoms with van der Waals surface area (Å²) in [5.41, 5.74) is 6.67. The van der Waals surface area contributed by atoms with Crippen LogP contribution in [0.4, 0.5) is 0 Å². The second-order valence-electron chi connectivity index (χ2n) is 4.86. The van der Waals surface area contributed by atoms with Crippen molar-refractivity contribution in [2.45, 2.75) is 6.54 Å². The highest BCUT2D eigenvalue weighted by molar-refractivity contribution is 5.94. The average molecular weight is 316 g/mol. The number of hydrogen-bond donors (Lipinski definition) is 1. The summed E-state index contributed by atoms with van der Waals surface area (Å²) in [6.45, 7) is 1.11. The Hall–Kier alpha value is -2.67. The molecule has 0 aliphatic carbocycles. The third kappa shape index (κ3) is 4.40. The number of nitrogens with two attached hydrogens (primary N) is 1. The van der Waals surface area contributed by atoms with Crippen molar-refractivity contribution < 1.29 is 14.3 Å². The van der Waals surface area contributed by atoms with E-state index in [1.807, 2.05) is 0 Å². The maximum absolute atomic E-state index is 12.5. The highest BCUT2D eigenvalue weighted by atomic mass is 16.5. The van der Waals surface area contributed by atoms with Gasteiger partial charge < -0.3 is 20.1 Å². The molecular weight excluding hydrogens is 296 g/mol. The Balaban J connectivity index is 2.14. The van der Waals surface area contributed by atoms with Crippen molar-refractivity contribution in [3.63, 3.8) is 0 Å². The van der Waals surface area contributed by atoms with Crippen LogP contribution >= 0.6 is 0 Å². The number of nitrogens with zero attached hydrogens (tertiary/aromatic N) is 3. The summed E-state index contributed by atoms with van der Waals surface area (Å²) in [7, 11) is 3.26. The number of amides is 1. The Morgan fingerprint density at radius 2 is 2.13 bits per heavy atom. The molecule has 7 nitrogen and oxygen atoms in total. The fraction of sp³-hybridized carbons (Fsp3) is 0.312. The number of benzene rings is 1. The van der Waals surface area contributed by atoms with E-state index in [-0.39, 0.29) is 5.91 Å². The second-order valence-corrected chi connectivity index (χ2v) is 4.86. The van der Waals surface area contributed by atoms with Gasteiger partial charge in [0.1, 0.15) is 6.61 Å². The summed E-state index contributed by atoms with van der Waals surface area (Å²) in [5, 5.41) is 0. The standard InChI is InChI=1S/C16H20N4O3/c1-20(11-13-10-18-6-7-19-13)16(21)12-3-4-14(22-2)15(9-12)23-8-5-17/h3-4,6-7,9-10H,5,8,11,17H2,1-2H3. The van der Waals surface area contributed by atoms with E-state index >= 15 is 0 Å². The first-order chi connectivity index (χ1) is 11.2. The molecule has 7 heteroatoms. The molecule has 2 rings (SSSR count). The van der Waals surface area contributed by atoms with Gasteiger partial charge in [0.25, 0.3) is 5.91 Å². The molecule has 0 saturated heterocycles. The summed E-state index contributed by atoms with van der Waals surface area (Å²) in [4.78, 5) is 22.3. The molecule has 1 heterocycles. The molecule has 0 fully saturated rings. The maximum Gasteiger partial charge on any atom is 0.254 e. The minimum atomic E-state index is -0.143. The summed E-state index contributed by atoms with van der Waals surface area (Å²) < 4.78 is 10.7. The molecule has 0 bridgehead atoms. The van der Waals surface area contributed by atoms with E-state index in [1.54, 1.807) is 55.8 Å². The lowest BCUT2D eigenvalue weighted by atomic mass is 10.1. The summed E-state index contributed by atoms with van der Waals surface area (Å²) in [6.07, 6.45) is 4.82. The van der Waals surface area contributed by atoms with Crippen molar-refractivity contribution in [3.8, 4) is 11.5 Å². The van der Waals surface area contributed by atoms with Crippen molar-refractivity contribution in [1.29, 1.82) is 0 Å². The topological polar surface area (TPSA) is 90.6 Å². The predicted octanol–water partition coefficient (Wildman–Crippen LogP) is 1.09. The van der Waals surface area contributed by atoms with Gasteiger partial charge in [-0.15, -0.1) is 0 Å². The van der Waals surface area contributed by atoms with Gasteiger partial charge in [-0.3, -0.25) is 14.8 Å². The van der Waals surface area contributed by atoms with E-state index in [0.717, 1.165) is 5.69 Å². The normalized spacial score (nSPS) is 10.2. The zero-order valence-corrected chi connectivity index (χ0v) is 13.2. The van der Waals surface area contributed by atoms with Crippen LogP contribution in [-0.4, -0.2) is 48.1 Å². The van der Waals surface area contributed by atoms with Crippen LogP contribution in [0.25, 0.3) is 0 Å². The van der Waals surface area contributed by atoms with Crippen molar-refractivity contribution in [2.75, 3.05) is 27.3 Å². The zero-order valence-electron chi connectivity index (χ0n) is 13.2. The van der Waals surface area contributed by atoms with Gasteiger partial charge in [0.2, 0.25) is 0 Å². The van der Waals surface area contributed by atoms with E-state index in [1.165, 1.54) is 0 Å². The molecule has 0 spiro atoms. The smallest absolute Gasteiger partial charge is 0.254 e. The molecule has 0 unspecified atom stereocenters. The van der Waals surface area contributed by atoms with Crippen molar-refractivity contribution in [2.24, 2.45) is 5.73 Å². The minimum absolute atomic E-state index is 0.143. The summed E-state index contributed by atoms with van der Waals surface area (Å²) >= 11 is 0. The summed E-state index contributed by atoms with van der Waals surface area (Å²) in [5.74, 6) is 0.916. The average Bonchev–Trinajstić information content (AvgIpc) is 2.59. The third-order valence-electron chi connectivity index (χ3n) is 3.15. The number of rotatable bonds is 7. The van der Waals surface area contributed by atoms with E-state index in [2.05, 4.69) is 9.97 Å². The molecule has 23 heavy (non-hydrogen) atoms. The van der Waals surface area contributed by atoms with Gasteiger partial charge in [0, 0.05) is 31.5 Å². The van der Waals surface area contributed by atoms with E-state index in [4.69, 9.17) is 15.2 Å². The lowest BCUT2D eigenvalue weighted by molar-refractivity contribution is 0.0782. The van der Waals surface area contributed by atoms with Crippen LogP contribution in [0.15, 0.2) is 36.8 Å². The number of carbonyl (C=O) groups is 1. The first kappa shape index (κ1) is 16.7. The molecule has 1 aromatic carbocycles. The van der Waals surface area contributed by atoms with Crippen LogP contribution in [0, 0.1) is 0 Å². The van der Waals surface area contributed by atoms with Crippen LogP contribution in [0.1, 0.15) is 16.1 Å². The van der Waals surface area contributed by atoms with Crippen LogP contribution in [0.2, 0.25) is 0 Å². The van der Waals surface area contributed by atoms with Gasteiger partial charge in [-0.1, -0.05) is 0 Å². The maximum atomic E-state index is 12.5. The Labute approximate surface area is 135 Å². The minimum Gasteiger partial charge on any atom is -0.493 e. The molecule has 1 aromatic heterocycles. The number of aromatic nitrogens is 2. The van der Waals surface area contributed by atoms with Gasteiger partial charge in [-0.2, -0.15) is 0 Å². The lowest BCUT2D eigenvalue weighted by Gasteiger charge is -2.18. The predicted molar refractivity (Wildman–Crippen MR) is 85.4 cm³/mol. The first-order valence-electron chi connectivity index (χ1n) is 7.17. The molecular formula is C16H20N4O3. The SMILES string of the molecule is COc1ccc(C(=O)N(C)Cc2cnccn2)cc1OCCN. The quantitative estimate of drug-likeness (QED) is 0.822. The largest absolute Gasteiger partial charge is 0.493 e. The molecule has 0 atom stereocenters. The van der Waals surface area contributed by atoms with Crippen LogP contribution in [0.5, 0.6) is 11.5 Å². The Morgan fingerprint density at radius 1 is 1.30 bits per heavy atom. The third-order valence-corrected chi connectivity index (χ3v) is 3.15. The zero-order chi connectivity index (χ0) is 16.7. The first-order valence-corrected chi connectivity index (χ1v) is 7.17. The lowest BCUT2D eigenvalue weighted by Crippen LogP contribution is -2.26. The molecule has 2 N–H and O–H groups in total. The van der Waals surface area contributed by atoms with Crippen LogP contribution < -0.4 is 15.2 Å². The van der Waals surface area contributed by atoms with Gasteiger partial charge in [-0.25, -0.2) is 0 Å². The Bertz CT molecular complexity index is 649. The number of hydrogen-bond acceptors (Lipinski definition) is 6. The number of carbonyl (C=O) groups excluding carboxylic acids is 1. The molecule has 122 valence electrons. The molecule has 1 amide bonds. The Morgan fingerprint density at radius 3 is 2.78 bits per heavy atom. The molecule has 0 radical (unpaired) electrons. The van der Waals surface area contributed by atoms with E-state index < -0.39 is 0 Å². The molecule has 0 saturated carbocycles. The Kier molecular flexibility index (Phi) is 5.87. The number of ether oxygens (including phenoxy) is 2. The molecule has 2 aromatic rings. The number of methoxy groups -OCH3 is 1. The van der Waals surface area contributed by atoms with Gasteiger partial charge in [0.05, 0.1) is 25.5 Å². The highest BCUT2D eigenvalue weighted by Gasteiger charge is 2.15. The highest BCUT2D eigenvalue weighted by Crippen LogP contribution is 2.28. The molecule has 0 aliphatic rings. The summed E-state index contributed by atoms with van der Waals surface area (Å²) in [6, 6.07) is 5.06. The van der Waals surface area contributed by atoms with Gasteiger partial charge >= 0.3 is 0 Å². The monoisotopic (exact) mass is 316 g/mol. The fourth-order valence-corrected chi connectivity index (χ4v) is 2.04. The van der Waals surface area contributed by atoms with Crippen molar-refractivity contribution >= 4 is 5.91 Å². The fourth-order valence-electron chi connectivity index (χ4n) is 2.04. The van der Waals surface area contributed by atoms with Gasteiger partial charge in [-0.05, 0) is 18.2 Å². The molecule has 0 aliphatic heterocycles. The van der Waals surface area contributed by atoms with Crippen molar-refractivity contribution in [3.05, 3.63) is 48.0 Å². The van der Waals surface area contributed by atoms with E-state index in [9.17, 15) is 4.79 Å². The second kappa shape index (κ2) is 8.09. The van der Waals surface area contributed by atoms with Crippen molar-refractivity contribution in [1.82, 2.24) is 14.9 Å². The van der Waals surface area contributed by atoms with Crippen LogP contribution in [0.3, 0.4) is 0 Å². The van der Waals surface area contributed by atoms with Gasteiger partial charge in [0.15, 0.2) is 11.5 Å². The van der Waals surface area contributed by atoms with Crippen LogP contribution in [-0.2, 0) is 6.54 Å².